The SMILES string of the molecule is COc1ncc(C(C)(C)C)cc1CO[C@H]1[C@H](C(C)(C)C)[C@@H](C(=O)O)N(C(=O)C2CCCCC2)[C@H]1c1ccccc1. The number of aromatic nitrogens is 1. The van der Waals surface area contributed by atoms with Crippen molar-refractivity contribution >= 4 is 11.9 Å². The molecule has 1 aromatic carbocycles. The van der Waals surface area contributed by atoms with Crippen LogP contribution in [0.2, 0.25) is 0 Å². The lowest BCUT2D eigenvalue weighted by Crippen LogP contribution is -2.49. The number of pyridine rings is 1. The van der Waals surface area contributed by atoms with Gasteiger partial charge in [-0.1, -0.05) is 91.1 Å². The molecule has 1 aliphatic heterocycles. The second kappa shape index (κ2) is 11.9. The van der Waals surface area contributed by atoms with Gasteiger partial charge >= 0.3 is 5.97 Å². The number of methoxy groups -OCH3 is 1. The summed E-state index contributed by atoms with van der Waals surface area (Å²) >= 11 is 0. The molecular weight excluding hydrogens is 504 g/mol. The van der Waals surface area contributed by atoms with Crippen LogP contribution in [0.15, 0.2) is 42.6 Å². The molecule has 218 valence electrons. The molecule has 1 aliphatic carbocycles. The Bertz CT molecular complexity index is 1180. The Kier molecular flexibility index (Phi) is 8.93. The second-order valence-electron chi connectivity index (χ2n) is 13.5. The Morgan fingerprint density at radius 2 is 1.68 bits per heavy atom. The van der Waals surface area contributed by atoms with E-state index in [1.54, 1.807) is 12.0 Å². The van der Waals surface area contributed by atoms with Crippen molar-refractivity contribution in [1.29, 1.82) is 0 Å². The molecule has 7 heteroatoms. The zero-order chi connectivity index (χ0) is 29.2. The topological polar surface area (TPSA) is 89.0 Å². The predicted octanol–water partition coefficient (Wildman–Crippen LogP) is 6.55. The maximum atomic E-state index is 14.2. The van der Waals surface area contributed by atoms with Crippen molar-refractivity contribution in [3.8, 4) is 5.88 Å². The lowest BCUT2D eigenvalue weighted by Gasteiger charge is -2.35. The number of amides is 1. The highest BCUT2D eigenvalue weighted by atomic mass is 16.5. The fourth-order valence-corrected chi connectivity index (χ4v) is 6.53. The van der Waals surface area contributed by atoms with Gasteiger partial charge in [0, 0.05) is 23.6 Å². The Hall–Kier alpha value is -2.93. The molecule has 2 heterocycles. The minimum Gasteiger partial charge on any atom is -0.481 e. The Labute approximate surface area is 239 Å². The minimum atomic E-state index is -0.995. The molecule has 0 spiro atoms. The number of benzene rings is 1. The van der Waals surface area contributed by atoms with Crippen molar-refractivity contribution in [3.63, 3.8) is 0 Å². The van der Waals surface area contributed by atoms with E-state index in [0.29, 0.717) is 5.88 Å². The third-order valence-electron chi connectivity index (χ3n) is 8.62. The molecule has 0 bridgehead atoms. The molecule has 1 aromatic heterocycles. The molecule has 0 unspecified atom stereocenters. The molecule has 1 N–H and O–H groups in total. The Balaban J connectivity index is 1.81. The summed E-state index contributed by atoms with van der Waals surface area (Å²) in [5.74, 6) is -1.15. The second-order valence-corrected chi connectivity index (χ2v) is 13.5. The van der Waals surface area contributed by atoms with E-state index in [0.717, 1.165) is 48.8 Å². The summed E-state index contributed by atoms with van der Waals surface area (Å²) in [6, 6.07) is 10.3. The van der Waals surface area contributed by atoms with Crippen molar-refractivity contribution < 1.29 is 24.2 Å². The first-order chi connectivity index (χ1) is 18.8. The quantitative estimate of drug-likeness (QED) is 0.420. The van der Waals surface area contributed by atoms with Crippen LogP contribution in [0.3, 0.4) is 0 Å². The van der Waals surface area contributed by atoms with Gasteiger partial charge < -0.3 is 19.5 Å². The van der Waals surface area contributed by atoms with Gasteiger partial charge in [-0.2, -0.15) is 0 Å². The van der Waals surface area contributed by atoms with Crippen LogP contribution in [-0.2, 0) is 26.3 Å². The van der Waals surface area contributed by atoms with Gasteiger partial charge in [0.2, 0.25) is 11.8 Å². The minimum absolute atomic E-state index is 0.0599. The van der Waals surface area contributed by atoms with Crippen LogP contribution in [0.1, 0.15) is 96.4 Å². The fraction of sp³-hybridized carbons (Fsp3) is 0.606. The van der Waals surface area contributed by atoms with Gasteiger partial charge in [-0.25, -0.2) is 9.78 Å². The molecule has 1 saturated heterocycles. The van der Waals surface area contributed by atoms with Crippen molar-refractivity contribution in [1.82, 2.24) is 9.88 Å². The number of likely N-dealkylation sites (tertiary alicyclic amines) is 1. The molecule has 4 atom stereocenters. The molecular formula is C33H46N2O5. The number of carbonyl (C=O) groups is 2. The molecule has 1 amide bonds. The third kappa shape index (κ3) is 6.19. The summed E-state index contributed by atoms with van der Waals surface area (Å²) in [6.45, 7) is 12.7. The van der Waals surface area contributed by atoms with E-state index >= 15 is 0 Å². The van der Waals surface area contributed by atoms with Gasteiger partial charge in [-0.3, -0.25) is 4.79 Å². The van der Waals surface area contributed by atoms with E-state index < -0.39 is 35.5 Å². The van der Waals surface area contributed by atoms with E-state index in [1.165, 1.54) is 0 Å². The van der Waals surface area contributed by atoms with Crippen LogP contribution in [0.5, 0.6) is 5.88 Å². The van der Waals surface area contributed by atoms with E-state index in [4.69, 9.17) is 9.47 Å². The van der Waals surface area contributed by atoms with Crippen molar-refractivity contribution in [3.05, 3.63) is 59.3 Å². The summed E-state index contributed by atoms with van der Waals surface area (Å²) < 4.78 is 12.4. The smallest absolute Gasteiger partial charge is 0.326 e. The molecule has 4 rings (SSSR count). The highest BCUT2D eigenvalue weighted by Gasteiger charge is 2.59. The van der Waals surface area contributed by atoms with Crippen LogP contribution >= 0.6 is 0 Å². The number of nitrogens with zero attached hydrogens (tertiary/aromatic N) is 2. The van der Waals surface area contributed by atoms with Crippen molar-refractivity contribution in [2.45, 2.75) is 104 Å². The number of aliphatic carboxylic acids is 1. The van der Waals surface area contributed by atoms with Gasteiger partial charge in [0.05, 0.1) is 25.9 Å². The van der Waals surface area contributed by atoms with Gasteiger partial charge in [0.25, 0.3) is 0 Å². The summed E-state index contributed by atoms with van der Waals surface area (Å²) in [5, 5.41) is 10.7. The maximum absolute atomic E-state index is 14.2. The average Bonchev–Trinajstić information content (AvgIpc) is 3.28. The molecule has 1 saturated carbocycles. The van der Waals surface area contributed by atoms with Crippen LogP contribution in [0, 0.1) is 17.3 Å². The highest BCUT2D eigenvalue weighted by Crippen LogP contribution is 2.51. The summed E-state index contributed by atoms with van der Waals surface area (Å²) in [5.41, 5.74) is 2.20. The fourth-order valence-electron chi connectivity index (χ4n) is 6.53. The first-order valence-electron chi connectivity index (χ1n) is 14.6. The van der Waals surface area contributed by atoms with E-state index in [1.807, 2.05) is 57.3 Å². The lowest BCUT2D eigenvalue weighted by molar-refractivity contribution is -0.154. The average molecular weight is 551 g/mol. The highest BCUT2D eigenvalue weighted by molar-refractivity contribution is 5.87. The largest absolute Gasteiger partial charge is 0.481 e. The Morgan fingerprint density at radius 3 is 2.23 bits per heavy atom. The number of carbonyl (C=O) groups excluding carboxylic acids is 1. The van der Waals surface area contributed by atoms with E-state index in [-0.39, 0.29) is 23.8 Å². The molecule has 7 nitrogen and oxygen atoms in total. The standard InChI is InChI=1S/C33H46N2O5/c1-32(2,3)24-18-23(29(39-7)34-19-24)20-40-28-25(33(4,5)6)27(31(37)38)35(26(28)21-14-10-8-11-15-21)30(36)22-16-12-9-13-17-22/h8,10-11,14-15,18-19,22,25-28H,9,12-13,16-17,20H2,1-7H3,(H,37,38)/t25-,26+,27+,28+/m1/s1. The maximum Gasteiger partial charge on any atom is 0.326 e. The zero-order valence-corrected chi connectivity index (χ0v) is 25.1. The molecule has 2 aromatic rings. The summed E-state index contributed by atoms with van der Waals surface area (Å²) in [6.07, 6.45) is 6.00. The van der Waals surface area contributed by atoms with Crippen LogP contribution in [0.4, 0.5) is 0 Å². The predicted molar refractivity (Wildman–Crippen MR) is 155 cm³/mol. The van der Waals surface area contributed by atoms with Gasteiger partial charge in [0.15, 0.2) is 0 Å². The first-order valence-corrected chi connectivity index (χ1v) is 14.6. The lowest BCUT2D eigenvalue weighted by atomic mass is 9.73. The number of carboxylic acids is 1. The monoisotopic (exact) mass is 550 g/mol. The Morgan fingerprint density at radius 1 is 1.02 bits per heavy atom. The number of hydrogen-bond acceptors (Lipinski definition) is 5. The third-order valence-corrected chi connectivity index (χ3v) is 8.62. The molecule has 2 aliphatic rings. The normalized spacial score (nSPS) is 24.2. The molecule has 40 heavy (non-hydrogen) atoms. The molecule has 0 radical (unpaired) electrons. The number of carboxylic acid groups (broad SMARTS) is 1. The van der Waals surface area contributed by atoms with Gasteiger partial charge in [-0.15, -0.1) is 0 Å². The molecule has 2 fully saturated rings. The van der Waals surface area contributed by atoms with Crippen LogP contribution < -0.4 is 4.74 Å². The van der Waals surface area contributed by atoms with Crippen molar-refractivity contribution in [2.24, 2.45) is 17.3 Å². The zero-order valence-electron chi connectivity index (χ0n) is 25.1. The summed E-state index contributed by atoms with van der Waals surface area (Å²) in [7, 11) is 1.59. The summed E-state index contributed by atoms with van der Waals surface area (Å²) in [4.78, 5) is 33.5. The van der Waals surface area contributed by atoms with Gasteiger partial charge in [0.1, 0.15) is 6.04 Å². The van der Waals surface area contributed by atoms with Crippen LogP contribution in [-0.4, -0.2) is 46.1 Å². The van der Waals surface area contributed by atoms with Crippen LogP contribution in [0.25, 0.3) is 0 Å². The number of ether oxygens (including phenoxy) is 2. The van der Waals surface area contributed by atoms with Gasteiger partial charge in [-0.05, 0) is 40.9 Å². The van der Waals surface area contributed by atoms with E-state index in [9.17, 15) is 14.7 Å². The number of hydrogen-bond donors (Lipinski definition) is 1. The van der Waals surface area contributed by atoms with Crippen molar-refractivity contribution in [2.75, 3.05) is 7.11 Å². The number of rotatable bonds is 7. The van der Waals surface area contributed by atoms with E-state index in [2.05, 4.69) is 31.8 Å². The first kappa shape index (κ1) is 30.0.